The number of aliphatic carboxylic acids is 1. The molecule has 0 fully saturated rings. The Hall–Kier alpha value is -1.66. The van der Waals surface area contributed by atoms with Gasteiger partial charge in [-0.05, 0) is 6.07 Å². The number of hydrogen-bond donors (Lipinski definition) is 4. The van der Waals surface area contributed by atoms with Gasteiger partial charge in [-0.25, -0.2) is 4.39 Å². The highest BCUT2D eigenvalue weighted by atomic mass is 19.1. The highest BCUT2D eigenvalue weighted by Crippen LogP contribution is 2.26. The molecule has 0 aliphatic heterocycles. The van der Waals surface area contributed by atoms with E-state index in [0.29, 0.717) is 0 Å². The molecule has 2 unspecified atom stereocenters. The highest BCUT2D eigenvalue weighted by molar-refractivity contribution is 5.67. The van der Waals surface area contributed by atoms with E-state index in [4.69, 9.17) is 10.8 Å². The molecular weight excluding hydrogens is 217 g/mol. The number of halogens is 1. The number of para-hydroxylation sites is 1. The van der Waals surface area contributed by atoms with Gasteiger partial charge in [0, 0.05) is 5.56 Å². The molecule has 1 aromatic rings. The molecule has 0 saturated carbocycles. The quantitative estimate of drug-likeness (QED) is 0.555. The van der Waals surface area contributed by atoms with Gasteiger partial charge in [-0.15, -0.1) is 0 Å². The fraction of sp³-hybridized carbons (Fsp3) is 0.300. The zero-order chi connectivity index (χ0) is 12.3. The van der Waals surface area contributed by atoms with Crippen LogP contribution in [0.15, 0.2) is 18.2 Å². The zero-order valence-corrected chi connectivity index (χ0v) is 8.30. The molecule has 0 amide bonds. The van der Waals surface area contributed by atoms with Gasteiger partial charge < -0.3 is 21.1 Å². The summed E-state index contributed by atoms with van der Waals surface area (Å²) in [5.74, 6) is -1.99. The van der Waals surface area contributed by atoms with E-state index in [0.717, 1.165) is 6.07 Å². The third-order valence-corrected chi connectivity index (χ3v) is 2.15. The van der Waals surface area contributed by atoms with Crippen LogP contribution in [0.1, 0.15) is 18.1 Å². The van der Waals surface area contributed by atoms with Gasteiger partial charge in [0.25, 0.3) is 0 Å². The fourth-order valence-corrected chi connectivity index (χ4v) is 1.31. The zero-order valence-electron chi connectivity index (χ0n) is 8.30. The second-order valence-corrected chi connectivity index (χ2v) is 3.35. The first-order valence-corrected chi connectivity index (χ1v) is 4.55. The number of nitrogens with two attached hydrogens (primary N) is 1. The molecule has 0 aromatic heterocycles. The lowest BCUT2D eigenvalue weighted by molar-refractivity contribution is -0.141. The summed E-state index contributed by atoms with van der Waals surface area (Å²) >= 11 is 0. The lowest BCUT2D eigenvalue weighted by Crippen LogP contribution is -2.22. The van der Waals surface area contributed by atoms with Gasteiger partial charge in [0.2, 0.25) is 0 Å². The van der Waals surface area contributed by atoms with Crippen LogP contribution in [0.5, 0.6) is 0 Å². The smallest absolute Gasteiger partial charge is 0.306 e. The Morgan fingerprint density at radius 3 is 2.62 bits per heavy atom. The minimum Gasteiger partial charge on any atom is -0.481 e. The third-order valence-electron chi connectivity index (χ3n) is 2.15. The second-order valence-electron chi connectivity index (χ2n) is 3.35. The SMILES string of the molecule is Nc1c(F)cccc1C(O)C(O)CC(=O)O. The van der Waals surface area contributed by atoms with Crippen molar-refractivity contribution in [3.05, 3.63) is 29.6 Å². The van der Waals surface area contributed by atoms with Gasteiger partial charge in [-0.3, -0.25) is 4.79 Å². The Morgan fingerprint density at radius 1 is 1.44 bits per heavy atom. The van der Waals surface area contributed by atoms with Crippen LogP contribution in [0.2, 0.25) is 0 Å². The first-order valence-electron chi connectivity index (χ1n) is 4.55. The van der Waals surface area contributed by atoms with Crippen LogP contribution in [-0.4, -0.2) is 27.4 Å². The van der Waals surface area contributed by atoms with Crippen molar-refractivity contribution in [2.75, 3.05) is 5.73 Å². The lowest BCUT2D eigenvalue weighted by Gasteiger charge is -2.18. The minimum atomic E-state index is -1.53. The maximum atomic E-state index is 13.0. The minimum absolute atomic E-state index is 0.0197. The Balaban J connectivity index is 2.91. The number of carboxylic acid groups (broad SMARTS) is 1. The van der Waals surface area contributed by atoms with E-state index in [1.54, 1.807) is 0 Å². The topological polar surface area (TPSA) is 104 Å². The van der Waals surface area contributed by atoms with Crippen LogP contribution in [-0.2, 0) is 4.79 Å². The summed E-state index contributed by atoms with van der Waals surface area (Å²) in [5, 5.41) is 27.4. The molecular formula is C10H12FNO4. The van der Waals surface area contributed by atoms with E-state index < -0.39 is 30.4 Å². The number of benzene rings is 1. The number of aliphatic hydroxyl groups excluding tert-OH is 2. The predicted molar refractivity (Wildman–Crippen MR) is 54.0 cm³/mol. The normalized spacial score (nSPS) is 14.4. The van der Waals surface area contributed by atoms with Crippen molar-refractivity contribution in [2.24, 2.45) is 0 Å². The highest BCUT2D eigenvalue weighted by Gasteiger charge is 2.23. The summed E-state index contributed by atoms with van der Waals surface area (Å²) in [7, 11) is 0. The Labute approximate surface area is 90.9 Å². The van der Waals surface area contributed by atoms with Crippen LogP contribution in [0.4, 0.5) is 10.1 Å². The molecule has 6 heteroatoms. The van der Waals surface area contributed by atoms with E-state index in [-0.39, 0.29) is 11.3 Å². The molecule has 0 bridgehead atoms. The summed E-state index contributed by atoms with van der Waals surface area (Å²) in [6.07, 6.45) is -3.69. The average Bonchev–Trinajstić information content (AvgIpc) is 2.20. The van der Waals surface area contributed by atoms with Crippen LogP contribution in [0.25, 0.3) is 0 Å². The van der Waals surface area contributed by atoms with Crippen molar-refractivity contribution in [3.8, 4) is 0 Å². The first-order chi connectivity index (χ1) is 7.43. The molecule has 5 N–H and O–H groups in total. The number of rotatable bonds is 4. The van der Waals surface area contributed by atoms with Gasteiger partial charge in [0.05, 0.1) is 18.2 Å². The van der Waals surface area contributed by atoms with E-state index in [1.807, 2.05) is 0 Å². The van der Waals surface area contributed by atoms with Crippen molar-refractivity contribution in [1.82, 2.24) is 0 Å². The largest absolute Gasteiger partial charge is 0.481 e. The Kier molecular flexibility index (Phi) is 3.81. The third kappa shape index (κ3) is 2.68. The molecule has 0 saturated heterocycles. The number of hydrogen-bond acceptors (Lipinski definition) is 4. The van der Waals surface area contributed by atoms with Gasteiger partial charge in [0.1, 0.15) is 11.9 Å². The summed E-state index contributed by atoms with van der Waals surface area (Å²) in [4.78, 5) is 10.3. The number of carboxylic acids is 1. The Bertz CT molecular complexity index is 396. The number of nitrogen functional groups attached to an aromatic ring is 1. The molecule has 1 aromatic carbocycles. The van der Waals surface area contributed by atoms with Crippen LogP contribution < -0.4 is 5.73 Å². The van der Waals surface area contributed by atoms with Crippen molar-refractivity contribution >= 4 is 11.7 Å². The standard InChI is InChI=1S/C10H12FNO4/c11-6-3-1-2-5(9(6)12)10(16)7(13)4-8(14)15/h1-3,7,10,13,16H,4,12H2,(H,14,15). The molecule has 0 heterocycles. The van der Waals surface area contributed by atoms with Gasteiger partial charge >= 0.3 is 5.97 Å². The molecule has 0 aliphatic carbocycles. The van der Waals surface area contributed by atoms with Gasteiger partial charge in [-0.2, -0.15) is 0 Å². The fourth-order valence-electron chi connectivity index (χ4n) is 1.31. The molecule has 0 radical (unpaired) electrons. The van der Waals surface area contributed by atoms with Crippen molar-refractivity contribution in [2.45, 2.75) is 18.6 Å². The number of aliphatic hydroxyl groups is 2. The van der Waals surface area contributed by atoms with Gasteiger partial charge in [-0.1, -0.05) is 12.1 Å². The van der Waals surface area contributed by atoms with E-state index in [2.05, 4.69) is 0 Å². The molecule has 0 spiro atoms. The first kappa shape index (κ1) is 12.4. The van der Waals surface area contributed by atoms with Crippen LogP contribution in [0.3, 0.4) is 0 Å². The second kappa shape index (κ2) is 4.91. The predicted octanol–water partition coefficient (Wildman–Crippen LogP) is 0.277. The van der Waals surface area contributed by atoms with E-state index in [9.17, 15) is 19.4 Å². The number of carbonyl (C=O) groups is 1. The summed E-state index contributed by atoms with van der Waals surface area (Å²) < 4.78 is 13.0. The van der Waals surface area contributed by atoms with Gasteiger partial charge in [0.15, 0.2) is 0 Å². The molecule has 0 aliphatic rings. The lowest BCUT2D eigenvalue weighted by atomic mass is 10.0. The monoisotopic (exact) mass is 229 g/mol. The van der Waals surface area contributed by atoms with Crippen molar-refractivity contribution < 1.29 is 24.5 Å². The van der Waals surface area contributed by atoms with Crippen molar-refractivity contribution in [1.29, 1.82) is 0 Å². The van der Waals surface area contributed by atoms with E-state index in [1.165, 1.54) is 12.1 Å². The Morgan fingerprint density at radius 2 is 2.06 bits per heavy atom. The van der Waals surface area contributed by atoms with E-state index >= 15 is 0 Å². The molecule has 2 atom stereocenters. The van der Waals surface area contributed by atoms with Crippen LogP contribution in [0, 0.1) is 5.82 Å². The molecule has 88 valence electrons. The average molecular weight is 229 g/mol. The molecule has 1 rings (SSSR count). The molecule has 5 nitrogen and oxygen atoms in total. The summed E-state index contributed by atoms with van der Waals surface area (Å²) in [6, 6.07) is 3.75. The summed E-state index contributed by atoms with van der Waals surface area (Å²) in [6.45, 7) is 0. The maximum absolute atomic E-state index is 13.0. The molecule has 16 heavy (non-hydrogen) atoms. The summed E-state index contributed by atoms with van der Waals surface area (Å²) in [5.41, 5.74) is 5.05. The van der Waals surface area contributed by atoms with Crippen LogP contribution >= 0.6 is 0 Å². The maximum Gasteiger partial charge on any atom is 0.306 e. The number of anilines is 1. The van der Waals surface area contributed by atoms with Crippen molar-refractivity contribution in [3.63, 3.8) is 0 Å².